The number of sulfonamides is 1. The van der Waals surface area contributed by atoms with Crippen LogP contribution in [0.25, 0.3) is 0 Å². The van der Waals surface area contributed by atoms with Gasteiger partial charge < -0.3 is 10.1 Å². The van der Waals surface area contributed by atoms with Crippen molar-refractivity contribution in [1.29, 1.82) is 0 Å². The van der Waals surface area contributed by atoms with Gasteiger partial charge in [-0.15, -0.1) is 0 Å². The minimum Gasteiger partial charge on any atom is -0.495 e. The summed E-state index contributed by atoms with van der Waals surface area (Å²) in [6.45, 7) is 2.24. The number of methoxy groups -OCH3 is 1. The van der Waals surface area contributed by atoms with Crippen molar-refractivity contribution in [3.8, 4) is 5.75 Å². The molecule has 2 atom stereocenters. The van der Waals surface area contributed by atoms with Crippen LogP contribution in [0.5, 0.6) is 5.75 Å². The lowest BCUT2D eigenvalue weighted by molar-refractivity contribution is 0.0950. The molecule has 0 saturated heterocycles. The number of amides is 1. The van der Waals surface area contributed by atoms with Crippen LogP contribution in [0.2, 0.25) is 0 Å². The minimum atomic E-state index is -3.86. The molecule has 6 nitrogen and oxygen atoms in total. The van der Waals surface area contributed by atoms with Crippen molar-refractivity contribution in [1.82, 2.24) is 10.0 Å². The molecular weight excluding hydrogens is 407 g/mol. The first kappa shape index (κ1) is 22.2. The highest BCUT2D eigenvalue weighted by molar-refractivity contribution is 7.89. The van der Waals surface area contributed by atoms with Gasteiger partial charge in [0.25, 0.3) is 5.91 Å². The van der Waals surface area contributed by atoms with E-state index in [0.717, 1.165) is 31.2 Å². The predicted molar refractivity (Wildman–Crippen MR) is 112 cm³/mol. The Hall–Kier alpha value is -2.45. The van der Waals surface area contributed by atoms with Crippen LogP contribution < -0.4 is 14.8 Å². The van der Waals surface area contributed by atoms with E-state index in [4.69, 9.17) is 4.74 Å². The van der Waals surface area contributed by atoms with E-state index < -0.39 is 15.9 Å². The number of carbonyl (C=O) groups excluding carboxylic acids is 1. The maximum atomic E-state index is 13.1. The van der Waals surface area contributed by atoms with Crippen LogP contribution in [0.15, 0.2) is 47.4 Å². The van der Waals surface area contributed by atoms with Crippen molar-refractivity contribution < 1.29 is 22.3 Å². The summed E-state index contributed by atoms with van der Waals surface area (Å²) in [7, 11) is -2.47. The summed E-state index contributed by atoms with van der Waals surface area (Å²) in [6.07, 6.45) is 3.86. The summed E-state index contributed by atoms with van der Waals surface area (Å²) in [5.74, 6) is -0.345. The second-order valence-corrected chi connectivity index (χ2v) is 9.35. The number of ether oxygens (including phenoxy) is 1. The lowest BCUT2D eigenvalue weighted by atomic mass is 9.87. The zero-order valence-corrected chi connectivity index (χ0v) is 18.0. The zero-order chi connectivity index (χ0) is 21.7. The lowest BCUT2D eigenvalue weighted by Gasteiger charge is -2.29. The van der Waals surface area contributed by atoms with Gasteiger partial charge in [-0.25, -0.2) is 17.5 Å². The van der Waals surface area contributed by atoms with E-state index in [1.54, 1.807) is 12.1 Å². The van der Waals surface area contributed by atoms with Gasteiger partial charge in [0.2, 0.25) is 10.0 Å². The number of benzene rings is 2. The van der Waals surface area contributed by atoms with E-state index in [9.17, 15) is 17.6 Å². The van der Waals surface area contributed by atoms with Gasteiger partial charge in [-0.2, -0.15) is 0 Å². The number of hydrogen-bond acceptors (Lipinski definition) is 4. The summed E-state index contributed by atoms with van der Waals surface area (Å²) in [6, 6.07) is 9.98. The normalized spacial score (nSPS) is 19.3. The largest absolute Gasteiger partial charge is 0.495 e. The molecular formula is C22H27FN2O4S. The van der Waals surface area contributed by atoms with Crippen LogP contribution >= 0.6 is 0 Å². The first-order chi connectivity index (χ1) is 14.3. The molecule has 1 aliphatic rings. The van der Waals surface area contributed by atoms with E-state index >= 15 is 0 Å². The topological polar surface area (TPSA) is 84.5 Å². The standard InChI is InChI=1S/C22H27FN2O4S/c1-15-5-3-4-6-19(15)25-30(27,28)21-13-17(9-12-20(21)29-2)22(26)24-14-16-7-10-18(23)11-8-16/h7-13,15,19,25H,3-6,14H2,1-2H3,(H,24,26)/t15-,19-/m0/s1. The number of hydrogen-bond donors (Lipinski definition) is 2. The summed E-state index contributed by atoms with van der Waals surface area (Å²) >= 11 is 0. The Morgan fingerprint density at radius 1 is 1.13 bits per heavy atom. The first-order valence-corrected chi connectivity index (χ1v) is 11.5. The molecule has 3 rings (SSSR count). The van der Waals surface area contributed by atoms with Gasteiger partial charge in [-0.1, -0.05) is 31.9 Å². The molecule has 0 heterocycles. The van der Waals surface area contributed by atoms with E-state index in [-0.39, 0.29) is 40.5 Å². The molecule has 1 aliphatic carbocycles. The fourth-order valence-corrected chi connectivity index (χ4v) is 5.24. The average Bonchev–Trinajstić information content (AvgIpc) is 2.74. The Morgan fingerprint density at radius 2 is 1.83 bits per heavy atom. The second-order valence-electron chi connectivity index (χ2n) is 7.66. The Morgan fingerprint density at radius 3 is 2.50 bits per heavy atom. The third-order valence-corrected chi connectivity index (χ3v) is 7.01. The van der Waals surface area contributed by atoms with E-state index in [0.29, 0.717) is 0 Å². The molecule has 2 aromatic carbocycles. The summed E-state index contributed by atoms with van der Waals surface area (Å²) in [5, 5.41) is 2.72. The van der Waals surface area contributed by atoms with E-state index in [1.807, 2.05) is 6.92 Å². The number of nitrogens with one attached hydrogen (secondary N) is 2. The maximum absolute atomic E-state index is 13.1. The molecule has 0 bridgehead atoms. The summed E-state index contributed by atoms with van der Waals surface area (Å²) in [4.78, 5) is 12.5. The van der Waals surface area contributed by atoms with Gasteiger partial charge in [0.15, 0.2) is 0 Å². The number of carbonyl (C=O) groups is 1. The van der Waals surface area contributed by atoms with Gasteiger partial charge in [0.1, 0.15) is 16.5 Å². The molecule has 8 heteroatoms. The number of halogens is 1. The molecule has 1 fully saturated rings. The van der Waals surface area contributed by atoms with Crippen molar-refractivity contribution in [2.75, 3.05) is 7.11 Å². The highest BCUT2D eigenvalue weighted by atomic mass is 32.2. The molecule has 30 heavy (non-hydrogen) atoms. The van der Waals surface area contributed by atoms with Crippen LogP contribution in [0.1, 0.15) is 48.5 Å². The van der Waals surface area contributed by atoms with Crippen molar-refractivity contribution in [3.05, 3.63) is 59.4 Å². The molecule has 1 saturated carbocycles. The monoisotopic (exact) mass is 434 g/mol. The zero-order valence-electron chi connectivity index (χ0n) is 17.2. The van der Waals surface area contributed by atoms with Crippen molar-refractivity contribution >= 4 is 15.9 Å². The van der Waals surface area contributed by atoms with Gasteiger partial charge in [-0.3, -0.25) is 4.79 Å². The highest BCUT2D eigenvalue weighted by Crippen LogP contribution is 2.29. The molecule has 0 aromatic heterocycles. The van der Waals surface area contributed by atoms with Crippen LogP contribution in [-0.4, -0.2) is 27.5 Å². The van der Waals surface area contributed by atoms with Crippen LogP contribution in [0.4, 0.5) is 4.39 Å². The summed E-state index contributed by atoms with van der Waals surface area (Å²) in [5.41, 5.74) is 0.939. The molecule has 0 spiro atoms. The van der Waals surface area contributed by atoms with Crippen LogP contribution in [-0.2, 0) is 16.6 Å². The van der Waals surface area contributed by atoms with Crippen molar-refractivity contribution in [2.24, 2.45) is 5.92 Å². The van der Waals surface area contributed by atoms with Gasteiger partial charge in [-0.05, 0) is 54.7 Å². The highest BCUT2D eigenvalue weighted by Gasteiger charge is 2.29. The van der Waals surface area contributed by atoms with Gasteiger partial charge in [0.05, 0.1) is 7.11 Å². The van der Waals surface area contributed by atoms with Crippen LogP contribution in [0.3, 0.4) is 0 Å². The fraction of sp³-hybridized carbons (Fsp3) is 0.409. The fourth-order valence-electron chi connectivity index (χ4n) is 3.67. The van der Waals surface area contributed by atoms with Crippen molar-refractivity contribution in [3.63, 3.8) is 0 Å². The maximum Gasteiger partial charge on any atom is 0.251 e. The molecule has 0 unspecified atom stereocenters. The molecule has 1 amide bonds. The average molecular weight is 435 g/mol. The molecule has 2 N–H and O–H groups in total. The third-order valence-electron chi connectivity index (χ3n) is 5.50. The van der Waals surface area contributed by atoms with E-state index in [1.165, 1.54) is 37.4 Å². The third kappa shape index (κ3) is 5.37. The molecule has 162 valence electrons. The SMILES string of the molecule is COc1ccc(C(=O)NCc2ccc(F)cc2)cc1S(=O)(=O)N[C@H]1CCCC[C@@H]1C. The predicted octanol–water partition coefficient (Wildman–Crippen LogP) is 3.62. The quantitative estimate of drug-likeness (QED) is 0.697. The van der Waals surface area contributed by atoms with Gasteiger partial charge in [0, 0.05) is 18.2 Å². The Labute approximate surface area is 176 Å². The van der Waals surface area contributed by atoms with Crippen molar-refractivity contribution in [2.45, 2.75) is 50.1 Å². The minimum absolute atomic E-state index is 0.0581. The number of rotatable bonds is 7. The van der Waals surface area contributed by atoms with Crippen LogP contribution in [0, 0.1) is 11.7 Å². The molecule has 0 aliphatic heterocycles. The van der Waals surface area contributed by atoms with Gasteiger partial charge >= 0.3 is 0 Å². The Kier molecular flexibility index (Phi) is 7.10. The Balaban J connectivity index is 1.78. The molecule has 0 radical (unpaired) electrons. The lowest BCUT2D eigenvalue weighted by Crippen LogP contribution is -2.41. The Bertz CT molecular complexity index is 993. The second kappa shape index (κ2) is 9.57. The first-order valence-electron chi connectivity index (χ1n) is 10.0. The van der Waals surface area contributed by atoms with E-state index in [2.05, 4.69) is 10.0 Å². The summed E-state index contributed by atoms with van der Waals surface area (Å²) < 4.78 is 47.1. The smallest absolute Gasteiger partial charge is 0.251 e. The molecule has 2 aromatic rings.